The van der Waals surface area contributed by atoms with Gasteiger partial charge in [-0.3, -0.25) is 14.9 Å². The highest BCUT2D eigenvalue weighted by Crippen LogP contribution is 2.37. The van der Waals surface area contributed by atoms with Crippen LogP contribution in [-0.2, 0) is 9.53 Å². The van der Waals surface area contributed by atoms with Gasteiger partial charge in [-0.15, -0.1) is 0 Å². The number of nitrogens with zero attached hydrogens (tertiary/aromatic N) is 3. The Labute approximate surface area is 171 Å². The average Bonchev–Trinajstić information content (AvgIpc) is 3.26. The number of amides is 1. The van der Waals surface area contributed by atoms with E-state index in [4.69, 9.17) is 4.74 Å². The van der Waals surface area contributed by atoms with Crippen LogP contribution in [0, 0.1) is 10.1 Å². The lowest BCUT2D eigenvalue weighted by atomic mass is 10.0. The summed E-state index contributed by atoms with van der Waals surface area (Å²) in [7, 11) is 0. The summed E-state index contributed by atoms with van der Waals surface area (Å²) < 4.78 is 5.45. The van der Waals surface area contributed by atoms with Crippen LogP contribution in [0.1, 0.15) is 60.2 Å². The van der Waals surface area contributed by atoms with Crippen molar-refractivity contribution in [2.75, 3.05) is 5.01 Å². The maximum Gasteiger partial charge on any atom is 0.339 e. The van der Waals surface area contributed by atoms with Gasteiger partial charge in [-0.2, -0.15) is 5.10 Å². The molecule has 2 aromatic rings. The van der Waals surface area contributed by atoms with Crippen LogP contribution >= 0.6 is 0 Å². The Hall–Kier alpha value is -3.75. The number of nitro benzene ring substituents is 1. The number of phenolic OH excluding ortho intramolecular Hbond substituents is 1. The van der Waals surface area contributed by atoms with E-state index in [9.17, 15) is 24.8 Å². The first-order valence-corrected chi connectivity index (χ1v) is 9.62. The minimum Gasteiger partial charge on any atom is -0.507 e. The molecule has 4 rings (SSSR count). The molecule has 9 nitrogen and oxygen atoms in total. The number of carbonyl (C=O) groups is 2. The summed E-state index contributed by atoms with van der Waals surface area (Å²) >= 11 is 0. The van der Waals surface area contributed by atoms with Crippen LogP contribution in [0.25, 0.3) is 0 Å². The van der Waals surface area contributed by atoms with Gasteiger partial charge in [0.1, 0.15) is 11.9 Å². The number of nitro groups is 1. The molecular weight excluding hydrogens is 390 g/mol. The first-order chi connectivity index (χ1) is 14.4. The van der Waals surface area contributed by atoms with Crippen LogP contribution < -0.4 is 5.01 Å². The quantitative estimate of drug-likeness (QED) is 0.439. The van der Waals surface area contributed by atoms with E-state index in [0.29, 0.717) is 11.3 Å². The summed E-state index contributed by atoms with van der Waals surface area (Å²) in [4.78, 5) is 35.3. The Morgan fingerprint density at radius 3 is 2.77 bits per heavy atom. The number of rotatable bonds is 6. The molecule has 0 aromatic heterocycles. The fourth-order valence-electron chi connectivity index (χ4n) is 3.64. The third kappa shape index (κ3) is 3.38. The van der Waals surface area contributed by atoms with Gasteiger partial charge in [0.15, 0.2) is 0 Å². The van der Waals surface area contributed by atoms with Gasteiger partial charge in [-0.05, 0) is 31.0 Å². The predicted molar refractivity (Wildman–Crippen MR) is 108 cm³/mol. The Morgan fingerprint density at radius 2 is 2.03 bits per heavy atom. The number of anilines is 1. The van der Waals surface area contributed by atoms with E-state index >= 15 is 0 Å². The maximum atomic E-state index is 12.6. The SMILES string of the molecule is CCCCC1OC(=O)c2cc(N3N=C(c4cc([N+](=O)[O-])ccc4O)CC3=O)ccc21. The Balaban J connectivity index is 1.66. The number of hydrogen-bond acceptors (Lipinski definition) is 7. The zero-order valence-corrected chi connectivity index (χ0v) is 16.2. The summed E-state index contributed by atoms with van der Waals surface area (Å²) in [5, 5.41) is 26.5. The highest BCUT2D eigenvalue weighted by Gasteiger charge is 2.33. The van der Waals surface area contributed by atoms with Gasteiger partial charge in [-0.1, -0.05) is 19.4 Å². The zero-order valence-electron chi connectivity index (χ0n) is 16.2. The smallest absolute Gasteiger partial charge is 0.339 e. The summed E-state index contributed by atoms with van der Waals surface area (Å²) in [5.74, 6) is -1.00. The second-order valence-corrected chi connectivity index (χ2v) is 7.20. The second kappa shape index (κ2) is 7.58. The van der Waals surface area contributed by atoms with Gasteiger partial charge in [-0.25, -0.2) is 9.80 Å². The van der Waals surface area contributed by atoms with E-state index in [-0.39, 0.29) is 41.1 Å². The van der Waals surface area contributed by atoms with Crippen LogP contribution in [0.2, 0.25) is 0 Å². The number of unbranched alkanes of at least 4 members (excludes halogenated alkanes) is 1. The van der Waals surface area contributed by atoms with Gasteiger partial charge in [0, 0.05) is 23.3 Å². The molecule has 0 radical (unpaired) electrons. The number of hydrogen-bond donors (Lipinski definition) is 1. The Bertz CT molecular complexity index is 1090. The van der Waals surface area contributed by atoms with Gasteiger partial charge in [0.25, 0.3) is 11.6 Å². The fraction of sp³-hybridized carbons (Fsp3) is 0.286. The number of fused-ring (bicyclic) bond motifs is 1. The molecule has 9 heteroatoms. The molecule has 2 aliphatic rings. The van der Waals surface area contributed by atoms with Crippen molar-refractivity contribution >= 4 is 29.0 Å². The summed E-state index contributed by atoms with van der Waals surface area (Å²) in [6.45, 7) is 2.06. The highest BCUT2D eigenvalue weighted by atomic mass is 16.6. The van der Waals surface area contributed by atoms with E-state index in [1.165, 1.54) is 18.2 Å². The van der Waals surface area contributed by atoms with Crippen molar-refractivity contribution in [3.63, 3.8) is 0 Å². The lowest BCUT2D eigenvalue weighted by molar-refractivity contribution is -0.384. The van der Waals surface area contributed by atoms with E-state index in [1.807, 2.05) is 0 Å². The van der Waals surface area contributed by atoms with Crippen LogP contribution in [0.15, 0.2) is 41.5 Å². The van der Waals surface area contributed by atoms with Crippen molar-refractivity contribution in [1.82, 2.24) is 0 Å². The molecule has 0 bridgehead atoms. The lowest BCUT2D eigenvalue weighted by Crippen LogP contribution is -2.19. The molecule has 0 fully saturated rings. The maximum absolute atomic E-state index is 12.6. The molecule has 154 valence electrons. The average molecular weight is 409 g/mol. The zero-order chi connectivity index (χ0) is 21.4. The molecule has 30 heavy (non-hydrogen) atoms. The minimum atomic E-state index is -0.584. The van der Waals surface area contributed by atoms with Gasteiger partial charge >= 0.3 is 5.97 Å². The van der Waals surface area contributed by atoms with Crippen molar-refractivity contribution in [2.45, 2.75) is 38.7 Å². The van der Waals surface area contributed by atoms with Gasteiger partial charge in [0.2, 0.25) is 0 Å². The van der Waals surface area contributed by atoms with Crippen molar-refractivity contribution in [2.24, 2.45) is 5.10 Å². The molecule has 0 saturated carbocycles. The Kier molecular flexibility index (Phi) is 4.94. The number of esters is 1. The molecule has 1 N–H and O–H groups in total. The van der Waals surface area contributed by atoms with Crippen molar-refractivity contribution in [3.8, 4) is 5.75 Å². The normalized spacial score (nSPS) is 17.7. The van der Waals surface area contributed by atoms with E-state index in [0.717, 1.165) is 29.8 Å². The fourth-order valence-corrected chi connectivity index (χ4v) is 3.64. The third-order valence-electron chi connectivity index (χ3n) is 5.19. The van der Waals surface area contributed by atoms with Crippen LogP contribution in [-0.4, -0.2) is 27.6 Å². The monoisotopic (exact) mass is 409 g/mol. The standard InChI is InChI=1S/C21H19N3O6/c1-2-3-4-19-14-7-5-12(9-15(14)21(27)30-19)23-20(26)11-17(22-23)16-10-13(24(28)29)6-8-18(16)25/h5-10,19,25H,2-4,11H2,1H3. The molecule has 1 atom stereocenters. The number of cyclic esters (lactones) is 1. The number of ether oxygens (including phenoxy) is 1. The second-order valence-electron chi connectivity index (χ2n) is 7.20. The highest BCUT2D eigenvalue weighted by molar-refractivity contribution is 6.20. The minimum absolute atomic E-state index is 0.125. The molecule has 2 aliphatic heterocycles. The number of phenols is 1. The van der Waals surface area contributed by atoms with Crippen LogP contribution in [0.4, 0.5) is 11.4 Å². The number of carbonyl (C=O) groups excluding carboxylic acids is 2. The van der Waals surface area contributed by atoms with E-state index in [2.05, 4.69) is 12.0 Å². The Morgan fingerprint density at radius 1 is 1.23 bits per heavy atom. The van der Waals surface area contributed by atoms with E-state index < -0.39 is 10.9 Å². The molecule has 2 aromatic carbocycles. The largest absolute Gasteiger partial charge is 0.507 e. The van der Waals surface area contributed by atoms with Crippen molar-refractivity contribution in [1.29, 1.82) is 0 Å². The summed E-state index contributed by atoms with van der Waals surface area (Å²) in [5.41, 5.74) is 1.72. The topological polar surface area (TPSA) is 122 Å². The molecular formula is C21H19N3O6. The van der Waals surface area contributed by atoms with Crippen molar-refractivity contribution in [3.05, 3.63) is 63.2 Å². The first kappa shape index (κ1) is 19.6. The van der Waals surface area contributed by atoms with Gasteiger partial charge < -0.3 is 9.84 Å². The van der Waals surface area contributed by atoms with Crippen LogP contribution in [0.3, 0.4) is 0 Å². The third-order valence-corrected chi connectivity index (χ3v) is 5.19. The molecule has 1 unspecified atom stereocenters. The molecule has 0 aliphatic carbocycles. The number of benzene rings is 2. The molecule has 0 spiro atoms. The first-order valence-electron chi connectivity index (χ1n) is 9.62. The number of non-ortho nitro benzene ring substituents is 1. The van der Waals surface area contributed by atoms with Crippen molar-refractivity contribution < 1.29 is 24.4 Å². The van der Waals surface area contributed by atoms with Gasteiger partial charge in [0.05, 0.1) is 28.3 Å². The summed E-state index contributed by atoms with van der Waals surface area (Å²) in [6.07, 6.45) is 2.26. The molecule has 2 heterocycles. The molecule has 1 amide bonds. The number of hydrazone groups is 1. The van der Waals surface area contributed by atoms with E-state index in [1.54, 1.807) is 18.2 Å². The molecule has 0 saturated heterocycles. The van der Waals surface area contributed by atoms with Crippen LogP contribution in [0.5, 0.6) is 5.75 Å². The predicted octanol–water partition coefficient (Wildman–Crippen LogP) is 3.84. The lowest BCUT2D eigenvalue weighted by Gasteiger charge is -2.13. The summed E-state index contributed by atoms with van der Waals surface area (Å²) in [6, 6.07) is 8.59. The number of aromatic hydroxyl groups is 1.